The van der Waals surface area contributed by atoms with Gasteiger partial charge in [0, 0.05) is 10.0 Å². The molecule has 90 valence electrons. The van der Waals surface area contributed by atoms with Gasteiger partial charge in [-0.25, -0.2) is 0 Å². The van der Waals surface area contributed by atoms with E-state index in [1.54, 1.807) is 12.1 Å². The van der Waals surface area contributed by atoms with Gasteiger partial charge in [0.25, 0.3) is 0 Å². The summed E-state index contributed by atoms with van der Waals surface area (Å²) >= 11 is 3.30. The third-order valence-electron chi connectivity index (χ3n) is 2.48. The number of aromatic hydroxyl groups is 1. The van der Waals surface area contributed by atoms with Crippen LogP contribution in [-0.2, 0) is 0 Å². The zero-order valence-corrected chi connectivity index (χ0v) is 10.9. The first-order chi connectivity index (χ1) is 7.51. The molecule has 0 radical (unpaired) electrons. The van der Waals surface area contributed by atoms with Crippen molar-refractivity contribution in [3.8, 4) is 11.5 Å². The monoisotopic (exact) mass is 289 g/mol. The van der Waals surface area contributed by atoms with Crippen LogP contribution in [0.5, 0.6) is 11.5 Å². The zero-order chi connectivity index (χ0) is 12.3. The minimum Gasteiger partial charge on any atom is -0.504 e. The lowest BCUT2D eigenvalue weighted by Gasteiger charge is -2.20. The molecule has 0 unspecified atom stereocenters. The van der Waals surface area contributed by atoms with Crippen LogP contribution >= 0.6 is 15.9 Å². The van der Waals surface area contributed by atoms with Gasteiger partial charge in [-0.2, -0.15) is 0 Å². The van der Waals surface area contributed by atoms with Gasteiger partial charge in [-0.15, -0.1) is 0 Å². The van der Waals surface area contributed by atoms with Crippen molar-refractivity contribution in [2.24, 2.45) is 5.73 Å². The van der Waals surface area contributed by atoms with E-state index < -0.39 is 12.1 Å². The molecule has 1 aromatic carbocycles. The van der Waals surface area contributed by atoms with Gasteiger partial charge in [0.15, 0.2) is 11.5 Å². The Labute approximate surface area is 103 Å². The minimum absolute atomic E-state index is 0.0225. The fourth-order valence-corrected chi connectivity index (χ4v) is 1.92. The quantitative estimate of drug-likeness (QED) is 0.792. The van der Waals surface area contributed by atoms with Crippen molar-refractivity contribution in [1.29, 1.82) is 0 Å². The smallest absolute Gasteiger partial charge is 0.162 e. The van der Waals surface area contributed by atoms with Crippen molar-refractivity contribution in [1.82, 2.24) is 0 Å². The molecule has 0 saturated carbocycles. The Kier molecular flexibility index (Phi) is 4.58. The highest BCUT2D eigenvalue weighted by molar-refractivity contribution is 9.10. The Balaban J connectivity index is 3.17. The lowest BCUT2D eigenvalue weighted by Crippen LogP contribution is -2.25. The molecule has 0 aliphatic heterocycles. The number of phenolic OH excluding ortho intramolecular Hbond substituents is 1. The molecule has 0 aromatic heterocycles. The molecule has 0 amide bonds. The average molecular weight is 290 g/mol. The predicted octanol–water partition coefficient (Wildman–Crippen LogP) is 1.93. The number of hydrogen-bond acceptors (Lipinski definition) is 4. The molecule has 2 atom stereocenters. The molecule has 16 heavy (non-hydrogen) atoms. The van der Waals surface area contributed by atoms with Gasteiger partial charge >= 0.3 is 0 Å². The average Bonchev–Trinajstić information content (AvgIpc) is 2.29. The van der Waals surface area contributed by atoms with E-state index >= 15 is 0 Å². The van der Waals surface area contributed by atoms with Gasteiger partial charge in [0.2, 0.25) is 0 Å². The highest BCUT2D eigenvalue weighted by Crippen LogP contribution is 2.37. The molecule has 5 heteroatoms. The van der Waals surface area contributed by atoms with Crippen LogP contribution < -0.4 is 10.5 Å². The summed E-state index contributed by atoms with van der Waals surface area (Å²) in [4.78, 5) is 0. The van der Waals surface area contributed by atoms with Crippen LogP contribution in [0, 0.1) is 0 Å². The normalized spacial score (nSPS) is 14.6. The van der Waals surface area contributed by atoms with E-state index in [-0.39, 0.29) is 5.75 Å². The molecule has 0 fully saturated rings. The lowest BCUT2D eigenvalue weighted by atomic mass is 9.99. The van der Waals surface area contributed by atoms with Crippen molar-refractivity contribution in [3.63, 3.8) is 0 Å². The largest absolute Gasteiger partial charge is 0.504 e. The minimum atomic E-state index is -0.690. The summed E-state index contributed by atoms with van der Waals surface area (Å²) < 4.78 is 5.76. The number of phenols is 1. The van der Waals surface area contributed by atoms with Gasteiger partial charge in [0.05, 0.1) is 19.3 Å². The van der Waals surface area contributed by atoms with Gasteiger partial charge in [0.1, 0.15) is 0 Å². The summed E-state index contributed by atoms with van der Waals surface area (Å²) in [6.45, 7) is 1.83. The molecule has 0 bridgehead atoms. The number of methoxy groups -OCH3 is 1. The van der Waals surface area contributed by atoms with Crippen molar-refractivity contribution in [3.05, 3.63) is 22.2 Å². The summed E-state index contributed by atoms with van der Waals surface area (Å²) in [5, 5.41) is 19.6. The summed E-state index contributed by atoms with van der Waals surface area (Å²) in [7, 11) is 1.47. The van der Waals surface area contributed by atoms with Crippen LogP contribution in [0.4, 0.5) is 0 Å². The Hall–Kier alpha value is -0.780. The Morgan fingerprint density at radius 2 is 2.12 bits per heavy atom. The van der Waals surface area contributed by atoms with Gasteiger partial charge in [-0.3, -0.25) is 0 Å². The SMILES string of the molecule is CC[C@@H](O)[C@@H](N)c1cc(Br)cc(OC)c1O. The van der Waals surface area contributed by atoms with Crippen molar-refractivity contribution in [2.75, 3.05) is 7.11 Å². The highest BCUT2D eigenvalue weighted by atomic mass is 79.9. The van der Waals surface area contributed by atoms with E-state index in [9.17, 15) is 10.2 Å². The summed E-state index contributed by atoms with van der Waals surface area (Å²) in [6.07, 6.45) is -0.167. The number of halogens is 1. The number of benzene rings is 1. The van der Waals surface area contributed by atoms with Crippen LogP contribution in [0.15, 0.2) is 16.6 Å². The maximum absolute atomic E-state index is 9.89. The highest BCUT2D eigenvalue weighted by Gasteiger charge is 2.21. The summed E-state index contributed by atoms with van der Waals surface area (Å²) in [5.41, 5.74) is 6.33. The van der Waals surface area contributed by atoms with Crippen LogP contribution in [0.25, 0.3) is 0 Å². The Morgan fingerprint density at radius 1 is 1.50 bits per heavy atom. The first-order valence-electron chi connectivity index (χ1n) is 5.01. The summed E-state index contributed by atoms with van der Waals surface area (Å²) in [5.74, 6) is 0.314. The van der Waals surface area contributed by atoms with Crippen LogP contribution in [0.3, 0.4) is 0 Å². The molecule has 1 aromatic rings. The fourth-order valence-electron chi connectivity index (χ4n) is 1.47. The van der Waals surface area contributed by atoms with E-state index in [2.05, 4.69) is 15.9 Å². The standard InChI is InChI=1S/C11H16BrNO3/c1-3-8(14)10(13)7-4-6(12)5-9(16-2)11(7)15/h4-5,8,10,14-15H,3,13H2,1-2H3/t8-,10+/m1/s1. The van der Waals surface area contributed by atoms with Crippen LogP contribution in [-0.4, -0.2) is 23.4 Å². The molecule has 4 nitrogen and oxygen atoms in total. The van der Waals surface area contributed by atoms with E-state index in [1.807, 2.05) is 6.92 Å². The molecule has 0 spiro atoms. The van der Waals surface area contributed by atoms with Crippen LogP contribution in [0.2, 0.25) is 0 Å². The number of nitrogens with two attached hydrogens (primary N) is 1. The molecular formula is C11H16BrNO3. The van der Waals surface area contributed by atoms with Crippen molar-refractivity contribution >= 4 is 15.9 Å². The Bertz CT molecular complexity index is 370. The number of ether oxygens (including phenoxy) is 1. The van der Waals surface area contributed by atoms with Crippen LogP contribution in [0.1, 0.15) is 24.9 Å². The number of aliphatic hydroxyl groups excluding tert-OH is 1. The van der Waals surface area contributed by atoms with Gasteiger partial charge in [-0.1, -0.05) is 22.9 Å². The zero-order valence-electron chi connectivity index (χ0n) is 9.27. The molecule has 0 saturated heterocycles. The van der Waals surface area contributed by atoms with Crippen molar-refractivity contribution in [2.45, 2.75) is 25.5 Å². The first-order valence-corrected chi connectivity index (χ1v) is 5.80. The van der Waals surface area contributed by atoms with Gasteiger partial charge < -0.3 is 20.7 Å². The van der Waals surface area contributed by atoms with Crippen molar-refractivity contribution < 1.29 is 14.9 Å². The molecule has 1 rings (SSSR count). The van der Waals surface area contributed by atoms with E-state index in [0.29, 0.717) is 17.7 Å². The lowest BCUT2D eigenvalue weighted by molar-refractivity contribution is 0.139. The van der Waals surface area contributed by atoms with E-state index in [0.717, 1.165) is 4.47 Å². The molecular weight excluding hydrogens is 274 g/mol. The molecule has 4 N–H and O–H groups in total. The molecule has 0 aliphatic rings. The second kappa shape index (κ2) is 5.52. The third-order valence-corrected chi connectivity index (χ3v) is 2.94. The third kappa shape index (κ3) is 2.66. The second-order valence-electron chi connectivity index (χ2n) is 3.55. The second-order valence-corrected chi connectivity index (χ2v) is 4.46. The maximum atomic E-state index is 9.89. The molecule has 0 heterocycles. The first kappa shape index (κ1) is 13.3. The Morgan fingerprint density at radius 3 is 2.62 bits per heavy atom. The van der Waals surface area contributed by atoms with E-state index in [1.165, 1.54) is 7.11 Å². The molecule has 0 aliphatic carbocycles. The number of rotatable bonds is 4. The van der Waals surface area contributed by atoms with Gasteiger partial charge in [-0.05, 0) is 18.6 Å². The van der Waals surface area contributed by atoms with E-state index in [4.69, 9.17) is 10.5 Å². The predicted molar refractivity (Wildman–Crippen MR) is 65.6 cm³/mol. The topological polar surface area (TPSA) is 75.7 Å². The number of hydrogen-bond donors (Lipinski definition) is 3. The fraction of sp³-hybridized carbons (Fsp3) is 0.455. The summed E-state index contributed by atoms with van der Waals surface area (Å²) in [6, 6.07) is 2.70. The maximum Gasteiger partial charge on any atom is 0.162 e. The number of aliphatic hydroxyl groups is 1.